The Labute approximate surface area is 137 Å². The van der Waals surface area contributed by atoms with Crippen molar-refractivity contribution in [2.75, 3.05) is 12.3 Å². The Morgan fingerprint density at radius 1 is 1.33 bits per heavy atom. The highest BCUT2D eigenvalue weighted by molar-refractivity contribution is 7.16. The number of carbonyl (C=O) groups excluding carboxylic acids is 1. The number of hydrogen-bond acceptors (Lipinski definition) is 3. The van der Waals surface area contributed by atoms with Gasteiger partial charge in [-0.3, -0.25) is 4.79 Å². The third-order valence-electron chi connectivity index (χ3n) is 2.84. The van der Waals surface area contributed by atoms with Crippen molar-refractivity contribution in [2.45, 2.75) is 6.54 Å². The Bertz CT molecular complexity index is 669. The highest BCUT2D eigenvalue weighted by Crippen LogP contribution is 2.25. The number of benzene rings is 1. The maximum atomic E-state index is 12.6. The van der Waals surface area contributed by atoms with Gasteiger partial charge in [0.05, 0.1) is 21.5 Å². The number of anilines is 1. The van der Waals surface area contributed by atoms with E-state index in [0.717, 1.165) is 4.88 Å². The SMILES string of the molecule is C=CCN(Cc1ccc(Cl)s1)C(=O)c1ccc(N)cc1Cl. The van der Waals surface area contributed by atoms with E-state index in [9.17, 15) is 4.79 Å². The zero-order valence-corrected chi connectivity index (χ0v) is 13.5. The van der Waals surface area contributed by atoms with Gasteiger partial charge in [-0.05, 0) is 30.3 Å². The molecule has 0 aliphatic rings. The van der Waals surface area contributed by atoms with Crippen molar-refractivity contribution in [1.29, 1.82) is 0 Å². The van der Waals surface area contributed by atoms with E-state index in [1.165, 1.54) is 11.3 Å². The molecule has 1 amide bonds. The number of nitrogens with two attached hydrogens (primary N) is 1. The Kier molecular flexibility index (Phi) is 5.28. The molecule has 110 valence electrons. The first-order chi connectivity index (χ1) is 10.0. The van der Waals surface area contributed by atoms with Gasteiger partial charge in [0.1, 0.15) is 0 Å². The summed E-state index contributed by atoms with van der Waals surface area (Å²) in [6.07, 6.45) is 1.68. The molecule has 2 N–H and O–H groups in total. The van der Waals surface area contributed by atoms with Crippen LogP contribution in [-0.4, -0.2) is 17.4 Å². The van der Waals surface area contributed by atoms with Crippen LogP contribution in [0.3, 0.4) is 0 Å². The third kappa shape index (κ3) is 4.00. The average molecular weight is 341 g/mol. The molecular formula is C15H14Cl2N2OS. The molecule has 0 spiro atoms. The van der Waals surface area contributed by atoms with Gasteiger partial charge in [0, 0.05) is 17.1 Å². The fraction of sp³-hybridized carbons (Fsp3) is 0.133. The first-order valence-electron chi connectivity index (χ1n) is 6.20. The van der Waals surface area contributed by atoms with Crippen LogP contribution in [0.2, 0.25) is 9.36 Å². The minimum Gasteiger partial charge on any atom is -0.399 e. The van der Waals surface area contributed by atoms with Crippen LogP contribution < -0.4 is 5.73 Å². The van der Waals surface area contributed by atoms with Crippen molar-refractivity contribution in [3.63, 3.8) is 0 Å². The summed E-state index contributed by atoms with van der Waals surface area (Å²) in [5.41, 5.74) is 6.60. The van der Waals surface area contributed by atoms with Gasteiger partial charge in [-0.2, -0.15) is 0 Å². The minimum atomic E-state index is -0.163. The van der Waals surface area contributed by atoms with Crippen LogP contribution in [0.25, 0.3) is 0 Å². The van der Waals surface area contributed by atoms with Gasteiger partial charge >= 0.3 is 0 Å². The Morgan fingerprint density at radius 2 is 2.10 bits per heavy atom. The van der Waals surface area contributed by atoms with E-state index >= 15 is 0 Å². The van der Waals surface area contributed by atoms with Gasteiger partial charge in [0.25, 0.3) is 5.91 Å². The van der Waals surface area contributed by atoms with Crippen molar-refractivity contribution in [1.82, 2.24) is 4.90 Å². The van der Waals surface area contributed by atoms with Crippen LogP contribution in [0.4, 0.5) is 5.69 Å². The van der Waals surface area contributed by atoms with Crippen LogP contribution in [0.15, 0.2) is 43.0 Å². The molecule has 0 aliphatic carbocycles. The fourth-order valence-corrected chi connectivity index (χ4v) is 3.25. The van der Waals surface area contributed by atoms with Crippen LogP contribution in [-0.2, 0) is 6.54 Å². The molecule has 6 heteroatoms. The lowest BCUT2D eigenvalue weighted by atomic mass is 10.1. The maximum absolute atomic E-state index is 12.6. The van der Waals surface area contributed by atoms with Crippen LogP contribution in [0.1, 0.15) is 15.2 Å². The standard InChI is InChI=1S/C15H14Cl2N2OS/c1-2-7-19(9-11-4-6-14(17)21-11)15(20)12-5-3-10(18)8-13(12)16/h2-6,8H,1,7,9,18H2. The Balaban J connectivity index is 2.24. The minimum absolute atomic E-state index is 0.163. The second-order valence-electron chi connectivity index (χ2n) is 4.42. The summed E-state index contributed by atoms with van der Waals surface area (Å²) >= 11 is 13.5. The van der Waals surface area contributed by atoms with Crippen molar-refractivity contribution in [3.8, 4) is 0 Å². The zero-order chi connectivity index (χ0) is 15.4. The highest BCUT2D eigenvalue weighted by atomic mass is 35.5. The number of nitrogen functional groups attached to an aromatic ring is 1. The van der Waals surface area contributed by atoms with Crippen molar-refractivity contribution in [3.05, 3.63) is 62.8 Å². The number of halogens is 2. The zero-order valence-electron chi connectivity index (χ0n) is 11.2. The number of hydrogen-bond donors (Lipinski definition) is 1. The predicted octanol–water partition coefficient (Wildman–Crippen LogP) is 4.47. The van der Waals surface area contributed by atoms with E-state index in [1.54, 1.807) is 29.2 Å². The largest absolute Gasteiger partial charge is 0.399 e. The second-order valence-corrected chi connectivity index (χ2v) is 6.63. The molecule has 0 unspecified atom stereocenters. The number of rotatable bonds is 5. The number of amides is 1. The first kappa shape index (κ1) is 15.9. The summed E-state index contributed by atoms with van der Waals surface area (Å²) in [7, 11) is 0. The molecule has 1 aromatic carbocycles. The van der Waals surface area contributed by atoms with Crippen LogP contribution in [0.5, 0.6) is 0 Å². The average Bonchev–Trinajstić information content (AvgIpc) is 2.83. The molecule has 0 saturated heterocycles. The molecule has 0 bridgehead atoms. The van der Waals surface area contributed by atoms with Gasteiger partial charge in [-0.1, -0.05) is 29.3 Å². The van der Waals surface area contributed by atoms with Gasteiger partial charge < -0.3 is 10.6 Å². The Hall–Kier alpha value is -1.49. The molecule has 0 saturated carbocycles. The maximum Gasteiger partial charge on any atom is 0.255 e. The van der Waals surface area contributed by atoms with Crippen molar-refractivity contribution < 1.29 is 4.79 Å². The van der Waals surface area contributed by atoms with Crippen molar-refractivity contribution in [2.24, 2.45) is 0 Å². The third-order valence-corrected chi connectivity index (χ3v) is 4.36. The van der Waals surface area contributed by atoms with E-state index in [1.807, 2.05) is 12.1 Å². The van der Waals surface area contributed by atoms with Gasteiger partial charge in [0.2, 0.25) is 0 Å². The predicted molar refractivity (Wildman–Crippen MR) is 90.1 cm³/mol. The molecule has 0 fully saturated rings. The first-order valence-corrected chi connectivity index (χ1v) is 7.78. The van der Waals surface area contributed by atoms with Crippen LogP contribution in [0, 0.1) is 0 Å². The topological polar surface area (TPSA) is 46.3 Å². The van der Waals surface area contributed by atoms with E-state index in [-0.39, 0.29) is 5.91 Å². The molecule has 2 aromatic rings. The normalized spacial score (nSPS) is 10.4. The number of nitrogens with zero attached hydrogens (tertiary/aromatic N) is 1. The summed E-state index contributed by atoms with van der Waals surface area (Å²) in [4.78, 5) is 15.3. The van der Waals surface area contributed by atoms with E-state index in [4.69, 9.17) is 28.9 Å². The van der Waals surface area contributed by atoms with Crippen molar-refractivity contribution >= 4 is 46.1 Å². The molecule has 21 heavy (non-hydrogen) atoms. The molecule has 1 aromatic heterocycles. The molecule has 3 nitrogen and oxygen atoms in total. The summed E-state index contributed by atoms with van der Waals surface area (Å²) in [5, 5.41) is 0.346. The quantitative estimate of drug-likeness (QED) is 0.644. The highest BCUT2D eigenvalue weighted by Gasteiger charge is 2.18. The van der Waals surface area contributed by atoms with E-state index in [2.05, 4.69) is 6.58 Å². The summed E-state index contributed by atoms with van der Waals surface area (Å²) < 4.78 is 0.696. The van der Waals surface area contributed by atoms with Gasteiger partial charge in [0.15, 0.2) is 0 Å². The lowest BCUT2D eigenvalue weighted by molar-refractivity contribution is 0.0764. The molecular weight excluding hydrogens is 327 g/mol. The lowest BCUT2D eigenvalue weighted by Crippen LogP contribution is -2.30. The Morgan fingerprint density at radius 3 is 2.67 bits per heavy atom. The van der Waals surface area contributed by atoms with E-state index in [0.29, 0.717) is 33.7 Å². The van der Waals surface area contributed by atoms with E-state index < -0.39 is 0 Å². The summed E-state index contributed by atoms with van der Waals surface area (Å²) in [6.45, 7) is 4.58. The molecule has 0 radical (unpaired) electrons. The smallest absolute Gasteiger partial charge is 0.255 e. The molecule has 0 aliphatic heterocycles. The van der Waals surface area contributed by atoms with Crippen LogP contribution >= 0.6 is 34.5 Å². The summed E-state index contributed by atoms with van der Waals surface area (Å²) in [5.74, 6) is -0.163. The number of thiophene rings is 1. The molecule has 1 heterocycles. The van der Waals surface area contributed by atoms with Gasteiger partial charge in [-0.15, -0.1) is 17.9 Å². The fourth-order valence-electron chi connectivity index (χ4n) is 1.88. The molecule has 0 atom stereocenters. The molecule has 2 rings (SSSR count). The number of carbonyl (C=O) groups is 1. The second kappa shape index (κ2) is 6.98. The monoisotopic (exact) mass is 340 g/mol. The summed E-state index contributed by atoms with van der Waals surface area (Å²) in [6, 6.07) is 8.59. The lowest BCUT2D eigenvalue weighted by Gasteiger charge is -2.21. The van der Waals surface area contributed by atoms with Gasteiger partial charge in [-0.25, -0.2) is 0 Å².